The molecule has 1 aromatic heterocycles. The molecule has 0 spiro atoms. The van der Waals surface area contributed by atoms with Gasteiger partial charge >= 0.3 is 0 Å². The molecule has 2 aromatic rings. The lowest BCUT2D eigenvalue weighted by Crippen LogP contribution is -2.07. The number of nitrogens with two attached hydrogens (primary N) is 1. The zero-order valence-electron chi connectivity index (χ0n) is 8.23. The first-order valence-corrected chi connectivity index (χ1v) is 5.11. The number of hydrogen-bond acceptors (Lipinski definition) is 2. The first kappa shape index (κ1) is 10.2. The number of halogens is 1. The Kier molecular flexibility index (Phi) is 3.04. The Hall–Kier alpha value is -1.32. The van der Waals surface area contributed by atoms with E-state index in [-0.39, 0.29) is 0 Å². The van der Waals surface area contributed by atoms with Gasteiger partial charge in [0.1, 0.15) is 0 Å². The molecule has 15 heavy (non-hydrogen) atoms. The smallest absolute Gasteiger partial charge is 0.0951 e. The van der Waals surface area contributed by atoms with Gasteiger partial charge in [0.15, 0.2) is 0 Å². The number of hydrogen-bond donors (Lipinski definition) is 1. The second kappa shape index (κ2) is 4.47. The average molecular weight is 222 g/mol. The van der Waals surface area contributed by atoms with Crippen LogP contribution in [0.5, 0.6) is 0 Å². The molecular weight excluding hydrogens is 210 g/mol. The summed E-state index contributed by atoms with van der Waals surface area (Å²) in [5, 5.41) is 0.753. The maximum atomic E-state index is 5.81. The molecule has 4 heteroatoms. The van der Waals surface area contributed by atoms with Crippen LogP contribution in [0.2, 0.25) is 5.02 Å². The molecule has 0 aliphatic carbocycles. The van der Waals surface area contributed by atoms with Crippen molar-refractivity contribution in [3.8, 4) is 0 Å². The largest absolute Gasteiger partial charge is 0.329 e. The molecule has 0 unspecified atom stereocenters. The van der Waals surface area contributed by atoms with Crippen LogP contribution in [0.15, 0.2) is 36.8 Å². The highest BCUT2D eigenvalue weighted by molar-refractivity contribution is 6.30. The van der Waals surface area contributed by atoms with Gasteiger partial charge in [-0.3, -0.25) is 0 Å². The van der Waals surface area contributed by atoms with Gasteiger partial charge in [0.05, 0.1) is 12.0 Å². The minimum atomic E-state index is 0.508. The summed E-state index contributed by atoms with van der Waals surface area (Å²) in [4.78, 5) is 4.06. The molecule has 0 radical (unpaired) electrons. The van der Waals surface area contributed by atoms with Crippen LogP contribution in [0, 0.1) is 0 Å². The van der Waals surface area contributed by atoms with E-state index in [1.54, 1.807) is 12.5 Å². The second-order valence-corrected chi connectivity index (χ2v) is 3.78. The third-order valence-electron chi connectivity index (χ3n) is 2.27. The van der Waals surface area contributed by atoms with Crippen molar-refractivity contribution in [2.45, 2.75) is 13.1 Å². The van der Waals surface area contributed by atoms with E-state index in [0.717, 1.165) is 17.3 Å². The van der Waals surface area contributed by atoms with E-state index in [1.165, 1.54) is 5.56 Å². The highest BCUT2D eigenvalue weighted by Gasteiger charge is 2.00. The summed E-state index contributed by atoms with van der Waals surface area (Å²) in [6.07, 6.45) is 3.58. The zero-order valence-corrected chi connectivity index (χ0v) is 8.98. The van der Waals surface area contributed by atoms with E-state index < -0.39 is 0 Å². The number of nitrogens with zero attached hydrogens (tertiary/aromatic N) is 2. The van der Waals surface area contributed by atoms with Gasteiger partial charge < -0.3 is 10.3 Å². The Morgan fingerprint density at radius 1 is 1.27 bits per heavy atom. The van der Waals surface area contributed by atoms with Crippen LogP contribution in [0.1, 0.15) is 11.3 Å². The van der Waals surface area contributed by atoms with Crippen molar-refractivity contribution in [1.82, 2.24) is 9.55 Å². The molecule has 1 heterocycles. The van der Waals surface area contributed by atoms with Crippen molar-refractivity contribution in [2.75, 3.05) is 0 Å². The summed E-state index contributed by atoms with van der Waals surface area (Å²) in [5.74, 6) is 0. The number of benzene rings is 1. The molecule has 3 nitrogen and oxygen atoms in total. The highest BCUT2D eigenvalue weighted by atomic mass is 35.5. The van der Waals surface area contributed by atoms with Crippen molar-refractivity contribution in [2.24, 2.45) is 5.73 Å². The topological polar surface area (TPSA) is 43.8 Å². The van der Waals surface area contributed by atoms with Crippen LogP contribution in [-0.2, 0) is 13.1 Å². The van der Waals surface area contributed by atoms with Crippen LogP contribution in [0.4, 0.5) is 0 Å². The van der Waals surface area contributed by atoms with Gasteiger partial charge in [-0.15, -0.1) is 0 Å². The minimum absolute atomic E-state index is 0.508. The quantitative estimate of drug-likeness (QED) is 0.862. The molecule has 0 saturated carbocycles. The first-order valence-electron chi connectivity index (χ1n) is 4.73. The summed E-state index contributed by atoms with van der Waals surface area (Å²) < 4.78 is 2.03. The lowest BCUT2D eigenvalue weighted by Gasteiger charge is -2.06. The Labute approximate surface area is 93.5 Å². The van der Waals surface area contributed by atoms with Crippen molar-refractivity contribution in [3.63, 3.8) is 0 Å². The Bertz CT molecular complexity index is 433. The Balaban J connectivity index is 2.18. The van der Waals surface area contributed by atoms with E-state index in [4.69, 9.17) is 17.3 Å². The predicted octanol–water partition coefficient (Wildman–Crippen LogP) is 2.04. The van der Waals surface area contributed by atoms with Crippen molar-refractivity contribution >= 4 is 11.6 Å². The molecule has 0 bridgehead atoms. The average Bonchev–Trinajstić information content (AvgIpc) is 2.69. The summed E-state index contributed by atoms with van der Waals surface area (Å²) in [7, 11) is 0. The SMILES string of the molecule is NCc1cncn1Cc1ccc(Cl)cc1. The van der Waals surface area contributed by atoms with Crippen LogP contribution >= 0.6 is 11.6 Å². The fourth-order valence-electron chi connectivity index (χ4n) is 1.45. The molecule has 0 saturated heterocycles. The summed E-state index contributed by atoms with van der Waals surface area (Å²) in [5.41, 5.74) is 7.81. The van der Waals surface area contributed by atoms with E-state index in [2.05, 4.69) is 4.98 Å². The summed E-state index contributed by atoms with van der Waals surface area (Å²) >= 11 is 5.81. The molecule has 78 valence electrons. The molecule has 0 atom stereocenters. The lowest BCUT2D eigenvalue weighted by molar-refractivity contribution is 0.740. The van der Waals surface area contributed by atoms with Crippen molar-refractivity contribution < 1.29 is 0 Å². The second-order valence-electron chi connectivity index (χ2n) is 3.34. The summed E-state index contributed by atoms with van der Waals surface area (Å²) in [6.45, 7) is 1.29. The van der Waals surface area contributed by atoms with Gasteiger partial charge in [0.2, 0.25) is 0 Å². The summed E-state index contributed by atoms with van der Waals surface area (Å²) in [6, 6.07) is 7.77. The number of imidazole rings is 1. The third kappa shape index (κ3) is 2.37. The normalized spacial score (nSPS) is 10.5. The Morgan fingerprint density at radius 2 is 2.00 bits per heavy atom. The Morgan fingerprint density at radius 3 is 2.67 bits per heavy atom. The van der Waals surface area contributed by atoms with Crippen LogP contribution in [0.25, 0.3) is 0 Å². The van der Waals surface area contributed by atoms with E-state index in [9.17, 15) is 0 Å². The van der Waals surface area contributed by atoms with Gasteiger partial charge in [-0.05, 0) is 17.7 Å². The molecule has 2 rings (SSSR count). The molecule has 1 aromatic carbocycles. The predicted molar refractivity (Wildman–Crippen MR) is 60.7 cm³/mol. The fourth-order valence-corrected chi connectivity index (χ4v) is 1.57. The van der Waals surface area contributed by atoms with E-state index >= 15 is 0 Å². The molecule has 0 aliphatic rings. The van der Waals surface area contributed by atoms with E-state index in [0.29, 0.717) is 6.54 Å². The van der Waals surface area contributed by atoms with E-state index in [1.807, 2.05) is 28.8 Å². The van der Waals surface area contributed by atoms with Gasteiger partial charge in [-0.25, -0.2) is 4.98 Å². The number of aromatic nitrogens is 2. The molecular formula is C11H12ClN3. The van der Waals surface area contributed by atoms with Gasteiger partial charge in [-0.2, -0.15) is 0 Å². The minimum Gasteiger partial charge on any atom is -0.329 e. The van der Waals surface area contributed by atoms with Crippen LogP contribution < -0.4 is 5.73 Å². The van der Waals surface area contributed by atoms with Crippen molar-refractivity contribution in [3.05, 3.63) is 53.1 Å². The van der Waals surface area contributed by atoms with Crippen molar-refractivity contribution in [1.29, 1.82) is 0 Å². The first-order chi connectivity index (χ1) is 7.29. The van der Waals surface area contributed by atoms with Gasteiger partial charge in [0.25, 0.3) is 0 Å². The maximum absolute atomic E-state index is 5.81. The zero-order chi connectivity index (χ0) is 10.7. The number of rotatable bonds is 3. The van der Waals surface area contributed by atoms with Gasteiger partial charge in [0, 0.05) is 24.3 Å². The lowest BCUT2D eigenvalue weighted by atomic mass is 10.2. The highest BCUT2D eigenvalue weighted by Crippen LogP contribution is 2.11. The monoisotopic (exact) mass is 221 g/mol. The fraction of sp³-hybridized carbons (Fsp3) is 0.182. The maximum Gasteiger partial charge on any atom is 0.0951 e. The van der Waals surface area contributed by atoms with Crippen LogP contribution in [-0.4, -0.2) is 9.55 Å². The van der Waals surface area contributed by atoms with Gasteiger partial charge in [-0.1, -0.05) is 23.7 Å². The molecule has 0 aliphatic heterocycles. The molecule has 2 N–H and O–H groups in total. The molecule has 0 fully saturated rings. The standard InChI is InChI=1S/C11H12ClN3/c12-10-3-1-9(2-4-10)7-15-8-14-6-11(15)5-13/h1-4,6,8H,5,7,13H2. The third-order valence-corrected chi connectivity index (χ3v) is 2.53. The van der Waals surface area contributed by atoms with Crippen LogP contribution in [0.3, 0.4) is 0 Å². The molecule has 0 amide bonds.